The van der Waals surface area contributed by atoms with Crippen LogP contribution in [0.25, 0.3) is 16.9 Å². The van der Waals surface area contributed by atoms with Gasteiger partial charge in [0.25, 0.3) is 15.9 Å². The molecule has 0 saturated carbocycles. The minimum Gasteiger partial charge on any atom is -0.481 e. The van der Waals surface area contributed by atoms with Crippen LogP contribution in [0, 0.1) is 6.92 Å². The predicted molar refractivity (Wildman–Crippen MR) is 145 cm³/mol. The standard InChI is InChI=1S/C25H25N9O5S/c1-5-33-15(2)18(14-27-33)20-10-11-26-22-12-19(31-34(20)22)24(35)28-16-6-8-17(9-7-16)40(36,37)32-21-13-23(38-3)30-25(29-21)39-4/h6-14H,5H2,1-4H3,(H,28,35)(H,29,30,32). The lowest BCUT2D eigenvalue weighted by molar-refractivity contribution is 0.102. The predicted octanol–water partition coefficient (Wildman–Crippen LogP) is 2.78. The van der Waals surface area contributed by atoms with E-state index in [9.17, 15) is 13.2 Å². The number of rotatable bonds is 9. The minimum absolute atomic E-state index is 0.0295. The summed E-state index contributed by atoms with van der Waals surface area (Å²) < 4.78 is 41.6. The highest BCUT2D eigenvalue weighted by Gasteiger charge is 2.19. The van der Waals surface area contributed by atoms with E-state index in [-0.39, 0.29) is 28.3 Å². The lowest BCUT2D eigenvalue weighted by atomic mass is 10.2. The number of amides is 1. The van der Waals surface area contributed by atoms with Crippen molar-refractivity contribution >= 4 is 33.1 Å². The van der Waals surface area contributed by atoms with Crippen molar-refractivity contribution < 1.29 is 22.7 Å². The van der Waals surface area contributed by atoms with Gasteiger partial charge in [-0.25, -0.2) is 17.9 Å². The van der Waals surface area contributed by atoms with Gasteiger partial charge < -0.3 is 14.8 Å². The SMILES string of the molecule is CCn1ncc(-c2ccnc3cc(C(=O)Nc4ccc(S(=O)(=O)Nc5cc(OC)nc(OC)n5)cc4)nn23)c1C. The molecule has 0 saturated heterocycles. The number of nitrogens with one attached hydrogen (secondary N) is 2. The number of hydrogen-bond donors (Lipinski definition) is 2. The van der Waals surface area contributed by atoms with Gasteiger partial charge in [0, 0.05) is 41.8 Å². The summed E-state index contributed by atoms with van der Waals surface area (Å²) in [4.78, 5) is 25.2. The van der Waals surface area contributed by atoms with Crippen LogP contribution in [-0.4, -0.2) is 62.9 Å². The van der Waals surface area contributed by atoms with Crippen LogP contribution in [-0.2, 0) is 16.6 Å². The van der Waals surface area contributed by atoms with Crippen LogP contribution in [0.4, 0.5) is 11.5 Å². The van der Waals surface area contributed by atoms with E-state index in [0.29, 0.717) is 11.3 Å². The molecule has 0 fully saturated rings. The first-order valence-electron chi connectivity index (χ1n) is 12.0. The lowest BCUT2D eigenvalue weighted by Crippen LogP contribution is -2.15. The topological polar surface area (TPSA) is 168 Å². The Balaban J connectivity index is 1.34. The van der Waals surface area contributed by atoms with Gasteiger partial charge in [0.05, 0.1) is 31.0 Å². The molecule has 5 rings (SSSR count). The zero-order chi connectivity index (χ0) is 28.4. The van der Waals surface area contributed by atoms with Gasteiger partial charge in [0.15, 0.2) is 17.2 Å². The fourth-order valence-electron chi connectivity index (χ4n) is 3.99. The smallest absolute Gasteiger partial charge is 0.321 e. The Morgan fingerprint density at radius 1 is 1.05 bits per heavy atom. The van der Waals surface area contributed by atoms with Crippen LogP contribution in [0.3, 0.4) is 0 Å². The van der Waals surface area contributed by atoms with Crippen molar-refractivity contribution in [3.63, 3.8) is 0 Å². The molecule has 40 heavy (non-hydrogen) atoms. The Labute approximate surface area is 229 Å². The molecule has 0 bridgehead atoms. The first-order chi connectivity index (χ1) is 19.2. The number of carbonyl (C=O) groups excluding carboxylic acids is 1. The molecule has 0 spiro atoms. The van der Waals surface area contributed by atoms with E-state index in [2.05, 4.69) is 35.2 Å². The average Bonchev–Trinajstić information content (AvgIpc) is 3.56. The van der Waals surface area contributed by atoms with E-state index in [1.54, 1.807) is 23.0 Å². The molecule has 2 N–H and O–H groups in total. The number of aromatic nitrogens is 7. The number of sulfonamides is 1. The Hall–Kier alpha value is -5.05. The van der Waals surface area contributed by atoms with Crippen molar-refractivity contribution in [1.82, 2.24) is 34.3 Å². The number of hydrogen-bond acceptors (Lipinski definition) is 10. The average molecular weight is 564 g/mol. The van der Waals surface area contributed by atoms with Crippen LogP contribution in [0.5, 0.6) is 11.9 Å². The summed E-state index contributed by atoms with van der Waals surface area (Å²) in [6.45, 7) is 4.71. The zero-order valence-corrected chi connectivity index (χ0v) is 22.8. The van der Waals surface area contributed by atoms with Gasteiger partial charge in [-0.2, -0.15) is 20.2 Å². The molecule has 4 aromatic heterocycles. The van der Waals surface area contributed by atoms with Gasteiger partial charge >= 0.3 is 6.01 Å². The second-order valence-electron chi connectivity index (χ2n) is 8.46. The Morgan fingerprint density at radius 2 is 1.82 bits per heavy atom. The number of aryl methyl sites for hydroxylation is 1. The molecule has 4 heterocycles. The first kappa shape index (κ1) is 26.6. The highest BCUT2D eigenvalue weighted by Crippen LogP contribution is 2.25. The Kier molecular flexibility index (Phi) is 7.04. The van der Waals surface area contributed by atoms with Crippen molar-refractivity contribution in [3.8, 4) is 23.1 Å². The normalized spacial score (nSPS) is 11.4. The Bertz CT molecular complexity index is 1790. The van der Waals surface area contributed by atoms with Crippen molar-refractivity contribution in [2.24, 2.45) is 0 Å². The molecule has 1 aromatic carbocycles. The second-order valence-corrected chi connectivity index (χ2v) is 10.1. The van der Waals surface area contributed by atoms with Gasteiger partial charge in [-0.15, -0.1) is 0 Å². The number of benzene rings is 1. The van der Waals surface area contributed by atoms with Gasteiger partial charge in [-0.05, 0) is 44.2 Å². The Morgan fingerprint density at radius 3 is 2.50 bits per heavy atom. The zero-order valence-electron chi connectivity index (χ0n) is 22.0. The van der Waals surface area contributed by atoms with E-state index >= 15 is 0 Å². The van der Waals surface area contributed by atoms with Crippen molar-refractivity contribution in [3.05, 3.63) is 66.2 Å². The fourth-order valence-corrected chi connectivity index (χ4v) is 4.98. The third kappa shape index (κ3) is 5.13. The van der Waals surface area contributed by atoms with Crippen LogP contribution < -0.4 is 19.5 Å². The highest BCUT2D eigenvalue weighted by molar-refractivity contribution is 7.92. The maximum Gasteiger partial charge on any atom is 0.321 e. The molecular weight excluding hydrogens is 538 g/mol. The van der Waals surface area contributed by atoms with Gasteiger partial charge in [-0.1, -0.05) is 0 Å². The van der Waals surface area contributed by atoms with E-state index in [1.807, 2.05) is 24.6 Å². The van der Waals surface area contributed by atoms with Gasteiger partial charge in [0.1, 0.15) is 0 Å². The van der Waals surface area contributed by atoms with Gasteiger partial charge in [0.2, 0.25) is 5.88 Å². The summed E-state index contributed by atoms with van der Waals surface area (Å²) in [6.07, 6.45) is 3.41. The molecule has 0 aliphatic heterocycles. The second kappa shape index (κ2) is 10.6. The number of fused-ring (bicyclic) bond motifs is 1. The van der Waals surface area contributed by atoms with E-state index in [4.69, 9.17) is 9.47 Å². The molecule has 0 radical (unpaired) electrons. The molecule has 0 atom stereocenters. The number of carbonyl (C=O) groups is 1. The fraction of sp³-hybridized carbons (Fsp3) is 0.200. The van der Waals surface area contributed by atoms with Crippen molar-refractivity contribution in [2.45, 2.75) is 25.3 Å². The maximum atomic E-state index is 13.0. The largest absolute Gasteiger partial charge is 0.481 e. The van der Waals surface area contributed by atoms with E-state index in [0.717, 1.165) is 23.5 Å². The lowest BCUT2D eigenvalue weighted by Gasteiger charge is -2.10. The molecule has 206 valence electrons. The molecule has 5 aromatic rings. The maximum absolute atomic E-state index is 13.0. The molecule has 0 aliphatic carbocycles. The van der Waals surface area contributed by atoms with Crippen LogP contribution in [0.15, 0.2) is 59.8 Å². The van der Waals surface area contributed by atoms with E-state index < -0.39 is 15.9 Å². The van der Waals surface area contributed by atoms with Gasteiger partial charge in [-0.3, -0.25) is 14.2 Å². The third-order valence-electron chi connectivity index (χ3n) is 6.00. The summed E-state index contributed by atoms with van der Waals surface area (Å²) in [7, 11) is -1.27. The van der Waals surface area contributed by atoms with Crippen molar-refractivity contribution in [2.75, 3.05) is 24.3 Å². The van der Waals surface area contributed by atoms with Crippen LogP contribution in [0.2, 0.25) is 0 Å². The molecule has 1 amide bonds. The summed E-state index contributed by atoms with van der Waals surface area (Å²) >= 11 is 0. The van der Waals surface area contributed by atoms with E-state index in [1.165, 1.54) is 44.6 Å². The summed E-state index contributed by atoms with van der Waals surface area (Å²) in [5, 5.41) is 11.6. The molecule has 15 heteroatoms. The molecule has 0 unspecified atom stereocenters. The molecule has 0 aliphatic rings. The molecule has 14 nitrogen and oxygen atoms in total. The number of ether oxygens (including phenoxy) is 2. The summed E-state index contributed by atoms with van der Waals surface area (Å²) in [5.74, 6) is -0.382. The van der Waals surface area contributed by atoms with Crippen molar-refractivity contribution in [1.29, 1.82) is 0 Å². The number of nitrogens with zero attached hydrogens (tertiary/aromatic N) is 7. The highest BCUT2D eigenvalue weighted by atomic mass is 32.2. The summed E-state index contributed by atoms with van der Waals surface area (Å²) in [5.41, 5.74) is 3.62. The number of methoxy groups -OCH3 is 2. The van der Waals surface area contributed by atoms with Crippen LogP contribution in [0.1, 0.15) is 23.1 Å². The monoisotopic (exact) mass is 563 g/mol. The third-order valence-corrected chi connectivity index (χ3v) is 7.38. The number of anilines is 2. The van der Waals surface area contributed by atoms with Crippen LogP contribution >= 0.6 is 0 Å². The summed E-state index contributed by atoms with van der Waals surface area (Å²) in [6, 6.07) is 10.3. The first-order valence-corrected chi connectivity index (χ1v) is 13.5. The minimum atomic E-state index is -4.01. The quantitative estimate of drug-likeness (QED) is 0.272. The molecular formula is C25H25N9O5S.